The van der Waals surface area contributed by atoms with Crippen molar-refractivity contribution in [3.63, 3.8) is 0 Å². The Morgan fingerprint density at radius 2 is 1.37 bits per heavy atom. The van der Waals surface area contributed by atoms with Crippen LogP contribution in [0.2, 0.25) is 0 Å². The van der Waals surface area contributed by atoms with Crippen LogP contribution >= 0.6 is 22.6 Å². The Balaban J connectivity index is 1.99. The highest BCUT2D eigenvalue weighted by atomic mass is 127. The number of urea groups is 1. The van der Waals surface area contributed by atoms with Crippen LogP contribution in [0.15, 0.2) is 53.5 Å². The minimum Gasteiger partial charge on any atom is -0.497 e. The van der Waals surface area contributed by atoms with Crippen LogP contribution in [0.3, 0.4) is 0 Å². The van der Waals surface area contributed by atoms with Crippen LogP contribution in [-0.4, -0.2) is 89.5 Å². The molecule has 0 aliphatic carbocycles. The Morgan fingerprint density at radius 1 is 0.884 bits per heavy atom. The van der Waals surface area contributed by atoms with Gasteiger partial charge in [0.25, 0.3) is 0 Å². The third-order valence-corrected chi connectivity index (χ3v) is 7.60. The number of aliphatic imine (C=N–C) groups is 1. The van der Waals surface area contributed by atoms with E-state index in [1.807, 2.05) is 48.5 Å². The molecule has 1 fully saturated rings. The standard InChI is InChI=1S/C31H42IN5O6/c1-30(2,3)42-27(38)33-26(36-19-34(7)28(39)35(8)20-36)37(29(40)43-31(4,5)6)18-21-10-12-22(13-11-21)25(32)23-14-16-24(41-9)17-15-23/h10-17,25H,18-20H2,1-9H3/b33-26+/t25-/m0/s1. The van der Waals surface area contributed by atoms with Crippen molar-refractivity contribution in [2.75, 3.05) is 34.5 Å². The summed E-state index contributed by atoms with van der Waals surface area (Å²) in [5.41, 5.74) is 1.39. The van der Waals surface area contributed by atoms with E-state index in [-0.39, 0.29) is 35.8 Å². The molecule has 1 aliphatic heterocycles. The maximum Gasteiger partial charge on any atom is 0.437 e. The van der Waals surface area contributed by atoms with Crippen LogP contribution in [0, 0.1) is 0 Å². The zero-order valence-corrected chi connectivity index (χ0v) is 28.5. The Kier molecular flexibility index (Phi) is 10.9. The molecule has 2 aromatic carbocycles. The van der Waals surface area contributed by atoms with Crippen molar-refractivity contribution in [2.24, 2.45) is 4.99 Å². The summed E-state index contributed by atoms with van der Waals surface area (Å²) in [6, 6.07) is 15.6. The number of halogens is 1. The maximum atomic E-state index is 13.7. The van der Waals surface area contributed by atoms with Gasteiger partial charge in [-0.25, -0.2) is 19.3 Å². The van der Waals surface area contributed by atoms with Crippen molar-refractivity contribution in [3.05, 3.63) is 65.2 Å². The first kappa shape index (κ1) is 33.9. The van der Waals surface area contributed by atoms with Gasteiger partial charge in [-0.2, -0.15) is 0 Å². The van der Waals surface area contributed by atoms with Crippen LogP contribution < -0.4 is 4.74 Å². The SMILES string of the molecule is COc1ccc([C@@H](I)c2ccc(CN(C(=O)OC(C)(C)C)/C(=N/C(=O)OC(C)(C)C)N3CN(C)C(=O)N(C)C3)cc2)cc1. The molecule has 2 aromatic rings. The van der Waals surface area contributed by atoms with Crippen molar-refractivity contribution in [2.45, 2.75) is 63.2 Å². The van der Waals surface area contributed by atoms with Crippen LogP contribution in [0.4, 0.5) is 14.4 Å². The van der Waals surface area contributed by atoms with E-state index in [2.05, 4.69) is 27.6 Å². The molecule has 1 heterocycles. The third-order valence-electron chi connectivity index (χ3n) is 6.16. The number of hydrogen-bond acceptors (Lipinski definition) is 6. The summed E-state index contributed by atoms with van der Waals surface area (Å²) in [6.07, 6.45) is -1.55. The quantitative estimate of drug-likeness (QED) is 0.152. The van der Waals surface area contributed by atoms with Crippen molar-refractivity contribution in [3.8, 4) is 5.75 Å². The van der Waals surface area contributed by atoms with Gasteiger partial charge in [-0.1, -0.05) is 59.0 Å². The number of guanidine groups is 1. The van der Waals surface area contributed by atoms with Crippen LogP contribution in [0.1, 0.15) is 62.2 Å². The number of ether oxygens (including phenoxy) is 3. The molecule has 0 N–H and O–H groups in total. The van der Waals surface area contributed by atoms with Gasteiger partial charge in [0.1, 0.15) is 17.0 Å². The number of carbonyl (C=O) groups excluding carboxylic acids is 3. The fourth-order valence-corrected chi connectivity index (χ4v) is 5.07. The monoisotopic (exact) mass is 707 g/mol. The van der Waals surface area contributed by atoms with E-state index in [1.54, 1.807) is 67.6 Å². The molecule has 1 atom stereocenters. The Labute approximate surface area is 267 Å². The molecule has 12 heteroatoms. The second kappa shape index (κ2) is 13.8. The average molecular weight is 708 g/mol. The first-order valence-electron chi connectivity index (χ1n) is 13.9. The highest BCUT2D eigenvalue weighted by molar-refractivity contribution is 14.1. The van der Waals surface area contributed by atoms with Gasteiger partial charge in [0.05, 0.1) is 30.9 Å². The molecular formula is C31H42IN5O6. The number of rotatable bonds is 5. The molecule has 3 rings (SSSR count). The molecule has 0 radical (unpaired) electrons. The zero-order valence-electron chi connectivity index (χ0n) is 26.4. The second-order valence-corrected chi connectivity index (χ2v) is 13.6. The first-order chi connectivity index (χ1) is 20.0. The fourth-order valence-electron chi connectivity index (χ4n) is 4.24. The fraction of sp³-hybridized carbons (Fsp3) is 0.484. The molecule has 1 saturated heterocycles. The molecule has 11 nitrogen and oxygen atoms in total. The summed E-state index contributed by atoms with van der Waals surface area (Å²) in [5.74, 6) is 0.813. The van der Waals surface area contributed by atoms with E-state index in [4.69, 9.17) is 14.2 Å². The molecule has 1 aliphatic rings. The van der Waals surface area contributed by atoms with Gasteiger partial charge in [0.2, 0.25) is 5.96 Å². The molecule has 0 aromatic heterocycles. The lowest BCUT2D eigenvalue weighted by Gasteiger charge is -2.42. The van der Waals surface area contributed by atoms with Gasteiger partial charge < -0.3 is 28.9 Å². The summed E-state index contributed by atoms with van der Waals surface area (Å²) < 4.78 is 16.6. The number of benzene rings is 2. The smallest absolute Gasteiger partial charge is 0.437 e. The largest absolute Gasteiger partial charge is 0.497 e. The van der Waals surface area contributed by atoms with Crippen LogP contribution in [-0.2, 0) is 16.0 Å². The predicted molar refractivity (Wildman–Crippen MR) is 173 cm³/mol. The van der Waals surface area contributed by atoms with E-state index < -0.39 is 23.4 Å². The topological polar surface area (TPSA) is 104 Å². The van der Waals surface area contributed by atoms with Crippen molar-refractivity contribution < 1.29 is 28.6 Å². The molecule has 0 saturated carbocycles. The van der Waals surface area contributed by atoms with Crippen LogP contribution in [0.25, 0.3) is 0 Å². The summed E-state index contributed by atoms with van der Waals surface area (Å²) in [4.78, 5) is 49.3. The number of carbonyl (C=O) groups is 3. The second-order valence-electron chi connectivity index (χ2n) is 12.3. The molecule has 0 bridgehead atoms. The average Bonchev–Trinajstić information content (AvgIpc) is 2.91. The lowest BCUT2D eigenvalue weighted by atomic mass is 10.0. The summed E-state index contributed by atoms with van der Waals surface area (Å²) >= 11 is 2.39. The highest BCUT2D eigenvalue weighted by Crippen LogP contribution is 2.32. The van der Waals surface area contributed by atoms with E-state index in [0.717, 1.165) is 22.4 Å². The third kappa shape index (κ3) is 9.73. The first-order valence-corrected chi connectivity index (χ1v) is 15.1. The van der Waals surface area contributed by atoms with Crippen molar-refractivity contribution in [1.82, 2.24) is 19.6 Å². The summed E-state index contributed by atoms with van der Waals surface area (Å²) in [5, 5.41) is 0. The molecular weight excluding hydrogens is 665 g/mol. The predicted octanol–water partition coefficient (Wildman–Crippen LogP) is 6.46. The minimum absolute atomic E-state index is 0.0174. The number of nitrogens with zero attached hydrogens (tertiary/aromatic N) is 5. The minimum atomic E-state index is -0.860. The van der Waals surface area contributed by atoms with Gasteiger partial charge in [-0.05, 0) is 70.4 Å². The lowest BCUT2D eigenvalue weighted by Crippen LogP contribution is -2.60. The Bertz CT molecular complexity index is 1300. The molecule has 43 heavy (non-hydrogen) atoms. The van der Waals surface area contributed by atoms with Crippen molar-refractivity contribution >= 4 is 46.8 Å². The number of amides is 4. The normalized spacial score (nSPS) is 15.3. The van der Waals surface area contributed by atoms with Crippen molar-refractivity contribution in [1.29, 1.82) is 0 Å². The molecule has 0 unspecified atom stereocenters. The molecule has 0 spiro atoms. The van der Waals surface area contributed by atoms with Gasteiger partial charge in [-0.3, -0.25) is 0 Å². The van der Waals surface area contributed by atoms with E-state index in [9.17, 15) is 14.4 Å². The number of alkyl halides is 1. The number of methoxy groups -OCH3 is 1. The van der Waals surface area contributed by atoms with Gasteiger partial charge in [-0.15, -0.1) is 4.99 Å². The van der Waals surface area contributed by atoms with Crippen LogP contribution in [0.5, 0.6) is 5.75 Å². The zero-order chi connectivity index (χ0) is 32.1. The van der Waals surface area contributed by atoms with E-state index in [0.29, 0.717) is 0 Å². The summed E-state index contributed by atoms with van der Waals surface area (Å²) in [6.45, 7) is 10.8. The Hall–Kier alpha value is -3.55. The Morgan fingerprint density at radius 3 is 1.84 bits per heavy atom. The lowest BCUT2D eigenvalue weighted by molar-refractivity contribution is 0.0300. The van der Waals surface area contributed by atoms with E-state index in [1.165, 1.54) is 14.7 Å². The van der Waals surface area contributed by atoms with E-state index >= 15 is 0 Å². The summed E-state index contributed by atoms with van der Waals surface area (Å²) in [7, 11) is 4.91. The number of hydrogen-bond donors (Lipinski definition) is 0. The molecule has 4 amide bonds. The van der Waals surface area contributed by atoms with Gasteiger partial charge in [0, 0.05) is 14.1 Å². The highest BCUT2D eigenvalue weighted by Gasteiger charge is 2.35. The van der Waals surface area contributed by atoms with Gasteiger partial charge in [0.15, 0.2) is 0 Å². The molecule has 234 valence electrons. The maximum absolute atomic E-state index is 13.7. The van der Waals surface area contributed by atoms with Gasteiger partial charge >= 0.3 is 18.2 Å².